The molecule has 0 aromatic heterocycles. The molecule has 0 fully saturated rings. The van der Waals surface area contributed by atoms with Gasteiger partial charge in [-0.25, -0.2) is 5.06 Å². The Morgan fingerprint density at radius 3 is 1.83 bits per heavy atom. The largest absolute Gasteiger partial charge is 0.412 e. The summed E-state index contributed by atoms with van der Waals surface area (Å²) < 4.78 is 6.52. The van der Waals surface area contributed by atoms with Crippen LogP contribution >= 0.6 is 0 Å². The van der Waals surface area contributed by atoms with Crippen LogP contribution in [0, 0.1) is 11.3 Å². The molecule has 0 spiro atoms. The number of hydroxylamine groups is 2. The lowest BCUT2D eigenvalue weighted by Gasteiger charge is -2.45. The lowest BCUT2D eigenvalue weighted by Crippen LogP contribution is -2.55. The Morgan fingerprint density at radius 1 is 1.09 bits per heavy atom. The molecule has 2 unspecified atom stereocenters. The van der Waals surface area contributed by atoms with Gasteiger partial charge in [-0.15, -0.1) is 0 Å². The molecule has 6 heteroatoms. The predicted octanol–water partition coefficient (Wildman–Crippen LogP) is 3.65. The Kier molecular flexibility index (Phi) is 7.21. The smallest absolute Gasteiger partial charge is 0.254 e. The number of ketones is 1. The molecular formula is C17H35NO4Si. The van der Waals surface area contributed by atoms with E-state index in [2.05, 4.69) is 33.9 Å². The lowest BCUT2D eigenvalue weighted by molar-refractivity contribution is -0.185. The second-order valence-corrected chi connectivity index (χ2v) is 13.2. The van der Waals surface area contributed by atoms with Crippen LogP contribution in [-0.2, 0) is 18.9 Å². The summed E-state index contributed by atoms with van der Waals surface area (Å²) in [4.78, 5) is 29.8. The van der Waals surface area contributed by atoms with Crippen LogP contribution in [0.1, 0.15) is 48.5 Å². The number of amides is 1. The van der Waals surface area contributed by atoms with Crippen molar-refractivity contribution in [1.29, 1.82) is 0 Å². The monoisotopic (exact) mass is 345 g/mol. The van der Waals surface area contributed by atoms with Gasteiger partial charge in [0.1, 0.15) is 5.78 Å². The van der Waals surface area contributed by atoms with Crippen LogP contribution in [0.25, 0.3) is 0 Å². The van der Waals surface area contributed by atoms with Crippen molar-refractivity contribution in [3.63, 3.8) is 0 Å². The zero-order chi connectivity index (χ0) is 18.8. The topological polar surface area (TPSA) is 55.8 Å². The van der Waals surface area contributed by atoms with E-state index in [0.717, 1.165) is 0 Å². The molecule has 0 radical (unpaired) electrons. The van der Waals surface area contributed by atoms with Gasteiger partial charge in [0.2, 0.25) is 0 Å². The zero-order valence-corrected chi connectivity index (χ0v) is 17.7. The van der Waals surface area contributed by atoms with Gasteiger partial charge in [-0.1, -0.05) is 27.7 Å². The lowest BCUT2D eigenvalue weighted by atomic mass is 9.78. The Labute approximate surface area is 142 Å². The molecule has 136 valence electrons. The Balaban J connectivity index is 5.82. The molecule has 1 amide bonds. The maximum absolute atomic E-state index is 12.7. The van der Waals surface area contributed by atoms with Gasteiger partial charge < -0.3 is 4.43 Å². The average molecular weight is 346 g/mol. The molecule has 0 aliphatic rings. The van der Waals surface area contributed by atoms with Crippen molar-refractivity contribution in [3.8, 4) is 0 Å². The first kappa shape index (κ1) is 22.3. The molecule has 0 aliphatic carbocycles. The highest BCUT2D eigenvalue weighted by Crippen LogP contribution is 2.42. The van der Waals surface area contributed by atoms with Crippen molar-refractivity contribution in [3.05, 3.63) is 0 Å². The molecule has 0 bridgehead atoms. The van der Waals surface area contributed by atoms with E-state index < -0.39 is 19.8 Å². The van der Waals surface area contributed by atoms with E-state index in [1.54, 1.807) is 14.0 Å². The van der Waals surface area contributed by atoms with Gasteiger partial charge in [0.25, 0.3) is 5.91 Å². The third-order valence-corrected chi connectivity index (χ3v) is 9.60. The number of hydrogen-bond acceptors (Lipinski definition) is 4. The van der Waals surface area contributed by atoms with Gasteiger partial charge in [-0.2, -0.15) is 0 Å². The zero-order valence-electron chi connectivity index (χ0n) is 16.7. The van der Waals surface area contributed by atoms with E-state index in [1.807, 2.05) is 20.8 Å². The summed E-state index contributed by atoms with van der Waals surface area (Å²) in [5.74, 6) is -0.542. The van der Waals surface area contributed by atoms with Crippen LogP contribution in [0.3, 0.4) is 0 Å². The molecule has 0 aliphatic heterocycles. The number of nitrogens with zero attached hydrogens (tertiary/aromatic N) is 1. The van der Waals surface area contributed by atoms with Gasteiger partial charge in [0.15, 0.2) is 8.32 Å². The van der Waals surface area contributed by atoms with Crippen LogP contribution in [0.15, 0.2) is 0 Å². The summed E-state index contributed by atoms with van der Waals surface area (Å²) in [6.45, 7) is 17.7. The van der Waals surface area contributed by atoms with Crippen molar-refractivity contribution in [1.82, 2.24) is 5.06 Å². The Morgan fingerprint density at radius 2 is 1.52 bits per heavy atom. The fourth-order valence-corrected chi connectivity index (χ4v) is 3.68. The van der Waals surface area contributed by atoms with Crippen molar-refractivity contribution in [2.75, 3.05) is 14.2 Å². The first-order valence-corrected chi connectivity index (χ1v) is 11.0. The number of rotatable bonds is 7. The fourth-order valence-electron chi connectivity index (χ4n) is 2.19. The molecule has 0 saturated heterocycles. The van der Waals surface area contributed by atoms with Crippen molar-refractivity contribution < 1.29 is 18.9 Å². The summed E-state index contributed by atoms with van der Waals surface area (Å²) in [6, 6.07) is 0. The molecule has 0 heterocycles. The summed E-state index contributed by atoms with van der Waals surface area (Å²) in [5.41, 5.74) is -0.870. The molecular weight excluding hydrogens is 310 g/mol. The predicted molar refractivity (Wildman–Crippen MR) is 95.5 cm³/mol. The molecule has 5 nitrogen and oxygen atoms in total. The Bertz CT molecular complexity index is 440. The fraction of sp³-hybridized carbons (Fsp3) is 0.882. The Hall–Kier alpha value is -0.723. The number of hydrogen-bond donors (Lipinski definition) is 0. The number of Topliss-reactive ketones (excluding diaryl/α,β-unsaturated/α-hetero) is 1. The first-order chi connectivity index (χ1) is 10.1. The van der Waals surface area contributed by atoms with Gasteiger partial charge in [-0.05, 0) is 38.9 Å². The highest BCUT2D eigenvalue weighted by atomic mass is 28.4. The van der Waals surface area contributed by atoms with Crippen molar-refractivity contribution >= 4 is 20.0 Å². The van der Waals surface area contributed by atoms with E-state index in [9.17, 15) is 9.59 Å². The van der Waals surface area contributed by atoms with E-state index >= 15 is 0 Å². The molecule has 0 aromatic rings. The second-order valence-electron chi connectivity index (χ2n) is 8.40. The maximum atomic E-state index is 12.7. The molecule has 0 saturated carbocycles. The summed E-state index contributed by atoms with van der Waals surface area (Å²) in [6.07, 6.45) is -0.494. The van der Waals surface area contributed by atoms with E-state index in [1.165, 1.54) is 12.2 Å². The van der Waals surface area contributed by atoms with Crippen LogP contribution in [-0.4, -0.2) is 45.3 Å². The SMILES string of the molecule is CON(C)C(=O)C(C)(C)C(O[Si](C)(C)C(C)(C)C)C(C)C(C)=O. The van der Waals surface area contributed by atoms with E-state index in [4.69, 9.17) is 9.26 Å². The molecule has 0 aromatic carbocycles. The quantitative estimate of drug-likeness (QED) is 0.522. The number of carbonyl (C=O) groups excluding carboxylic acids is 2. The first-order valence-electron chi connectivity index (χ1n) is 8.10. The van der Waals surface area contributed by atoms with Crippen LogP contribution < -0.4 is 0 Å². The molecule has 0 rings (SSSR count). The normalized spacial score (nSPS) is 16.0. The van der Waals surface area contributed by atoms with Crippen molar-refractivity contribution in [2.45, 2.75) is 72.7 Å². The highest BCUT2D eigenvalue weighted by molar-refractivity contribution is 6.74. The third kappa shape index (κ3) is 5.13. The number of carbonyl (C=O) groups is 2. The average Bonchev–Trinajstić information content (AvgIpc) is 2.40. The highest BCUT2D eigenvalue weighted by Gasteiger charge is 2.49. The van der Waals surface area contributed by atoms with Crippen LogP contribution in [0.2, 0.25) is 18.1 Å². The molecule has 2 atom stereocenters. The molecule has 0 N–H and O–H groups in total. The minimum absolute atomic E-state index is 0.00591. The standard InChI is InChI=1S/C17H35NO4Si/c1-12(13(2)19)14(22-23(10,11)16(3,4)5)17(6,7)15(20)18(8)21-9/h12,14H,1-11H3. The summed E-state index contributed by atoms with van der Waals surface area (Å²) in [7, 11) is 0.885. The van der Waals surface area contributed by atoms with Crippen LogP contribution in [0.5, 0.6) is 0 Å². The van der Waals surface area contributed by atoms with Crippen LogP contribution in [0.4, 0.5) is 0 Å². The minimum Gasteiger partial charge on any atom is -0.412 e. The van der Waals surface area contributed by atoms with Gasteiger partial charge in [-0.3, -0.25) is 14.4 Å². The van der Waals surface area contributed by atoms with Gasteiger partial charge >= 0.3 is 0 Å². The maximum Gasteiger partial charge on any atom is 0.254 e. The van der Waals surface area contributed by atoms with E-state index in [0.29, 0.717) is 0 Å². The minimum atomic E-state index is -2.14. The molecule has 23 heavy (non-hydrogen) atoms. The second kappa shape index (κ2) is 7.45. The third-order valence-electron chi connectivity index (χ3n) is 5.15. The summed E-state index contributed by atoms with van der Waals surface area (Å²) in [5, 5.41) is 1.20. The van der Waals surface area contributed by atoms with Gasteiger partial charge in [0.05, 0.1) is 18.6 Å². The van der Waals surface area contributed by atoms with E-state index in [-0.39, 0.29) is 22.6 Å². The summed E-state index contributed by atoms with van der Waals surface area (Å²) >= 11 is 0. The van der Waals surface area contributed by atoms with Crippen molar-refractivity contribution in [2.24, 2.45) is 11.3 Å². The van der Waals surface area contributed by atoms with Gasteiger partial charge in [0, 0.05) is 13.0 Å².